The first-order valence-corrected chi connectivity index (χ1v) is 6.98. The van der Waals surface area contributed by atoms with Gasteiger partial charge in [0.1, 0.15) is 5.75 Å². The van der Waals surface area contributed by atoms with Crippen LogP contribution < -0.4 is 16.2 Å². The van der Waals surface area contributed by atoms with Crippen LogP contribution >= 0.6 is 0 Å². The highest BCUT2D eigenvalue weighted by Gasteiger charge is 2.48. The van der Waals surface area contributed by atoms with Crippen LogP contribution in [-0.2, 0) is 5.41 Å². The van der Waals surface area contributed by atoms with Crippen LogP contribution in [0.1, 0.15) is 50.8 Å². The van der Waals surface area contributed by atoms with Crippen molar-refractivity contribution >= 4 is 0 Å². The van der Waals surface area contributed by atoms with Crippen LogP contribution in [-0.4, -0.2) is 13.7 Å². The van der Waals surface area contributed by atoms with E-state index >= 15 is 0 Å². The van der Waals surface area contributed by atoms with E-state index in [4.69, 9.17) is 16.2 Å². The van der Waals surface area contributed by atoms with E-state index in [2.05, 4.69) is 32.9 Å². The molecule has 1 unspecified atom stereocenters. The molecule has 3 nitrogen and oxygen atoms in total. The van der Waals surface area contributed by atoms with Gasteiger partial charge in [0, 0.05) is 17.0 Å². The fraction of sp³-hybridized carbons (Fsp3) is 0.625. The van der Waals surface area contributed by atoms with Gasteiger partial charge in [-0.3, -0.25) is 0 Å². The molecule has 0 radical (unpaired) electrons. The van der Waals surface area contributed by atoms with Crippen molar-refractivity contribution < 1.29 is 4.74 Å². The van der Waals surface area contributed by atoms with Gasteiger partial charge in [-0.2, -0.15) is 0 Å². The van der Waals surface area contributed by atoms with Crippen molar-refractivity contribution in [2.75, 3.05) is 13.7 Å². The Labute approximate surface area is 116 Å². The standard InChI is InChI=1S/C16H26N2O/c1-15(2,3)11-5-6-13(19-4)12(9-11)14(18)16(10-17)7-8-16/h5-6,9,14H,7-8,10,17-18H2,1-4H3. The molecule has 1 saturated carbocycles. The van der Waals surface area contributed by atoms with E-state index in [1.54, 1.807) is 7.11 Å². The number of hydrogen-bond acceptors (Lipinski definition) is 3. The largest absolute Gasteiger partial charge is 0.496 e. The highest BCUT2D eigenvalue weighted by Crippen LogP contribution is 2.54. The fourth-order valence-corrected chi connectivity index (χ4v) is 2.58. The lowest BCUT2D eigenvalue weighted by Crippen LogP contribution is -2.30. The summed E-state index contributed by atoms with van der Waals surface area (Å²) >= 11 is 0. The summed E-state index contributed by atoms with van der Waals surface area (Å²) in [5.74, 6) is 0.875. The van der Waals surface area contributed by atoms with E-state index < -0.39 is 0 Å². The lowest BCUT2D eigenvalue weighted by Gasteiger charge is -2.27. The second-order valence-corrected chi connectivity index (χ2v) is 6.75. The van der Waals surface area contributed by atoms with Gasteiger partial charge in [0.2, 0.25) is 0 Å². The van der Waals surface area contributed by atoms with Crippen molar-refractivity contribution in [3.8, 4) is 5.75 Å². The third-order valence-electron chi connectivity index (χ3n) is 4.39. The average Bonchev–Trinajstić information content (AvgIpc) is 3.17. The molecular formula is C16H26N2O. The van der Waals surface area contributed by atoms with Gasteiger partial charge in [-0.25, -0.2) is 0 Å². The Balaban J connectivity index is 2.42. The normalized spacial score (nSPS) is 19.1. The van der Waals surface area contributed by atoms with Crippen LogP contribution in [0.4, 0.5) is 0 Å². The van der Waals surface area contributed by atoms with Crippen molar-refractivity contribution in [1.29, 1.82) is 0 Å². The van der Waals surface area contributed by atoms with E-state index in [1.807, 2.05) is 6.07 Å². The molecule has 0 heterocycles. The Morgan fingerprint density at radius 3 is 2.37 bits per heavy atom. The minimum Gasteiger partial charge on any atom is -0.496 e. The number of nitrogens with two attached hydrogens (primary N) is 2. The van der Waals surface area contributed by atoms with Crippen LogP contribution in [0.5, 0.6) is 5.75 Å². The number of ether oxygens (including phenoxy) is 1. The number of methoxy groups -OCH3 is 1. The van der Waals surface area contributed by atoms with E-state index in [1.165, 1.54) is 5.56 Å². The maximum Gasteiger partial charge on any atom is 0.123 e. The van der Waals surface area contributed by atoms with Gasteiger partial charge < -0.3 is 16.2 Å². The Morgan fingerprint density at radius 2 is 1.95 bits per heavy atom. The zero-order valence-electron chi connectivity index (χ0n) is 12.5. The molecule has 0 saturated heterocycles. The number of benzene rings is 1. The lowest BCUT2D eigenvalue weighted by molar-refractivity contribution is 0.374. The molecule has 1 aromatic carbocycles. The van der Waals surface area contributed by atoms with Crippen molar-refractivity contribution in [1.82, 2.24) is 0 Å². The summed E-state index contributed by atoms with van der Waals surface area (Å²) < 4.78 is 5.48. The SMILES string of the molecule is COc1ccc(C(C)(C)C)cc1C(N)C1(CN)CC1. The molecule has 0 aliphatic heterocycles. The Morgan fingerprint density at radius 1 is 1.32 bits per heavy atom. The molecule has 0 spiro atoms. The van der Waals surface area contributed by atoms with Crippen molar-refractivity contribution in [2.45, 2.75) is 45.1 Å². The molecule has 2 rings (SSSR count). The topological polar surface area (TPSA) is 61.3 Å². The molecule has 1 aliphatic carbocycles. The molecule has 19 heavy (non-hydrogen) atoms. The van der Waals surface area contributed by atoms with Crippen LogP contribution in [0, 0.1) is 5.41 Å². The summed E-state index contributed by atoms with van der Waals surface area (Å²) in [6, 6.07) is 6.31. The van der Waals surface area contributed by atoms with Gasteiger partial charge in [0.25, 0.3) is 0 Å². The molecule has 1 atom stereocenters. The molecule has 106 valence electrons. The zero-order chi connectivity index (χ0) is 14.3. The van der Waals surface area contributed by atoms with E-state index in [9.17, 15) is 0 Å². The van der Waals surface area contributed by atoms with Crippen molar-refractivity contribution in [3.63, 3.8) is 0 Å². The van der Waals surface area contributed by atoms with Crippen molar-refractivity contribution in [3.05, 3.63) is 29.3 Å². The molecular weight excluding hydrogens is 236 g/mol. The first kappa shape index (κ1) is 14.4. The first-order chi connectivity index (χ1) is 8.84. The molecule has 0 amide bonds. The summed E-state index contributed by atoms with van der Waals surface area (Å²) in [5, 5.41) is 0. The third kappa shape index (κ3) is 2.63. The Bertz CT molecular complexity index is 458. The van der Waals surface area contributed by atoms with Gasteiger partial charge in [-0.05, 0) is 42.5 Å². The second-order valence-electron chi connectivity index (χ2n) is 6.75. The molecule has 4 N–H and O–H groups in total. The highest BCUT2D eigenvalue weighted by molar-refractivity contribution is 5.43. The molecule has 1 aromatic rings. The number of rotatable bonds is 4. The quantitative estimate of drug-likeness (QED) is 0.877. The second kappa shape index (κ2) is 4.80. The molecule has 3 heteroatoms. The lowest BCUT2D eigenvalue weighted by atomic mass is 9.83. The number of hydrogen-bond donors (Lipinski definition) is 2. The van der Waals surface area contributed by atoms with E-state index in [-0.39, 0.29) is 16.9 Å². The summed E-state index contributed by atoms with van der Waals surface area (Å²) in [6.07, 6.45) is 2.24. The van der Waals surface area contributed by atoms with Gasteiger partial charge in [0.15, 0.2) is 0 Å². The Hall–Kier alpha value is -1.06. The molecule has 1 aliphatic rings. The molecule has 1 fully saturated rings. The summed E-state index contributed by atoms with van der Waals surface area (Å²) in [5.41, 5.74) is 15.0. The van der Waals surface area contributed by atoms with Crippen molar-refractivity contribution in [2.24, 2.45) is 16.9 Å². The van der Waals surface area contributed by atoms with Crippen LogP contribution in [0.2, 0.25) is 0 Å². The summed E-state index contributed by atoms with van der Waals surface area (Å²) in [4.78, 5) is 0. The van der Waals surface area contributed by atoms with Gasteiger partial charge in [-0.15, -0.1) is 0 Å². The van der Waals surface area contributed by atoms with Crippen LogP contribution in [0.15, 0.2) is 18.2 Å². The van der Waals surface area contributed by atoms with E-state index in [0.717, 1.165) is 24.2 Å². The van der Waals surface area contributed by atoms with Gasteiger partial charge in [0.05, 0.1) is 7.11 Å². The molecule has 0 aromatic heterocycles. The summed E-state index contributed by atoms with van der Waals surface area (Å²) in [7, 11) is 1.70. The minimum absolute atomic E-state index is 0.0326. The maximum atomic E-state index is 6.47. The fourth-order valence-electron chi connectivity index (χ4n) is 2.58. The monoisotopic (exact) mass is 262 g/mol. The Kier molecular flexibility index (Phi) is 3.63. The summed E-state index contributed by atoms with van der Waals surface area (Å²) in [6.45, 7) is 7.27. The van der Waals surface area contributed by atoms with Gasteiger partial charge in [-0.1, -0.05) is 26.8 Å². The third-order valence-corrected chi connectivity index (χ3v) is 4.39. The van der Waals surface area contributed by atoms with Gasteiger partial charge >= 0.3 is 0 Å². The first-order valence-electron chi connectivity index (χ1n) is 6.98. The predicted molar refractivity (Wildman–Crippen MR) is 79.3 cm³/mol. The molecule has 0 bridgehead atoms. The van der Waals surface area contributed by atoms with Crippen LogP contribution in [0.3, 0.4) is 0 Å². The average molecular weight is 262 g/mol. The minimum atomic E-state index is -0.0326. The maximum absolute atomic E-state index is 6.47. The predicted octanol–water partition coefficient (Wildman–Crippen LogP) is 2.73. The van der Waals surface area contributed by atoms with E-state index in [0.29, 0.717) is 6.54 Å². The zero-order valence-corrected chi connectivity index (χ0v) is 12.5. The van der Waals surface area contributed by atoms with Crippen LogP contribution in [0.25, 0.3) is 0 Å². The highest BCUT2D eigenvalue weighted by atomic mass is 16.5. The smallest absolute Gasteiger partial charge is 0.123 e.